The first-order valence-electron chi connectivity index (χ1n) is 7.34. The van der Waals surface area contributed by atoms with E-state index in [1.807, 2.05) is 20.8 Å². The number of anilines is 1. The van der Waals surface area contributed by atoms with Gasteiger partial charge in [-0.05, 0) is 55.1 Å². The van der Waals surface area contributed by atoms with Crippen LogP contribution >= 0.6 is 15.9 Å². The maximum Gasteiger partial charge on any atom is 0.247 e. The van der Waals surface area contributed by atoms with Gasteiger partial charge >= 0.3 is 0 Å². The van der Waals surface area contributed by atoms with Gasteiger partial charge in [0.05, 0.1) is 0 Å². The second-order valence-corrected chi connectivity index (χ2v) is 8.08. The zero-order valence-electron chi connectivity index (χ0n) is 12.6. The van der Waals surface area contributed by atoms with Crippen molar-refractivity contribution in [3.63, 3.8) is 0 Å². The summed E-state index contributed by atoms with van der Waals surface area (Å²) in [5.74, 6) is 0.426. The SMILES string of the molecule is CCNc1ncc(Br)cc1S(=O)(=O)N1C(C)CCC1CC. The Morgan fingerprint density at radius 2 is 2.14 bits per heavy atom. The zero-order valence-corrected chi connectivity index (χ0v) is 15.0. The lowest BCUT2D eigenvalue weighted by Crippen LogP contribution is -2.40. The highest BCUT2D eigenvalue weighted by Crippen LogP contribution is 2.35. The van der Waals surface area contributed by atoms with Crippen molar-refractivity contribution in [2.24, 2.45) is 0 Å². The fraction of sp³-hybridized carbons (Fsp3) is 0.643. The third kappa shape index (κ3) is 3.24. The maximum atomic E-state index is 13.1. The lowest BCUT2D eigenvalue weighted by molar-refractivity contribution is 0.329. The molecule has 0 aromatic carbocycles. The van der Waals surface area contributed by atoms with Gasteiger partial charge in [-0.2, -0.15) is 4.31 Å². The normalized spacial score (nSPS) is 23.4. The highest BCUT2D eigenvalue weighted by Gasteiger charge is 2.40. The van der Waals surface area contributed by atoms with Crippen LogP contribution in [0.25, 0.3) is 0 Å². The fourth-order valence-electron chi connectivity index (χ4n) is 2.90. The van der Waals surface area contributed by atoms with Crippen molar-refractivity contribution in [1.29, 1.82) is 0 Å². The van der Waals surface area contributed by atoms with Crippen molar-refractivity contribution in [2.75, 3.05) is 11.9 Å². The first-order chi connectivity index (χ1) is 9.91. The van der Waals surface area contributed by atoms with Crippen LogP contribution in [-0.4, -0.2) is 36.3 Å². The largest absolute Gasteiger partial charge is 0.369 e. The predicted octanol–water partition coefficient (Wildman–Crippen LogP) is 3.23. The van der Waals surface area contributed by atoms with E-state index < -0.39 is 10.0 Å². The van der Waals surface area contributed by atoms with Gasteiger partial charge < -0.3 is 5.32 Å². The van der Waals surface area contributed by atoms with Gasteiger partial charge in [0, 0.05) is 29.3 Å². The smallest absolute Gasteiger partial charge is 0.247 e. The van der Waals surface area contributed by atoms with Gasteiger partial charge in [-0.3, -0.25) is 0 Å². The van der Waals surface area contributed by atoms with Crippen LogP contribution in [0.4, 0.5) is 5.82 Å². The van der Waals surface area contributed by atoms with Crippen molar-refractivity contribution in [3.8, 4) is 0 Å². The number of pyridine rings is 1. The molecule has 1 aliphatic heterocycles. The summed E-state index contributed by atoms with van der Waals surface area (Å²) < 4.78 is 28.5. The van der Waals surface area contributed by atoms with Crippen molar-refractivity contribution >= 4 is 31.8 Å². The van der Waals surface area contributed by atoms with E-state index in [9.17, 15) is 8.42 Å². The molecule has 1 N–H and O–H groups in total. The predicted molar refractivity (Wildman–Crippen MR) is 87.9 cm³/mol. The van der Waals surface area contributed by atoms with E-state index in [0.717, 1.165) is 19.3 Å². The van der Waals surface area contributed by atoms with E-state index in [0.29, 0.717) is 16.8 Å². The van der Waals surface area contributed by atoms with Crippen molar-refractivity contribution in [1.82, 2.24) is 9.29 Å². The molecule has 1 aromatic rings. The Balaban J connectivity index is 2.50. The van der Waals surface area contributed by atoms with Crippen LogP contribution in [0.15, 0.2) is 21.6 Å². The molecule has 118 valence electrons. The molecule has 0 amide bonds. The minimum atomic E-state index is -3.55. The van der Waals surface area contributed by atoms with E-state index in [1.165, 1.54) is 0 Å². The van der Waals surface area contributed by atoms with Crippen LogP contribution in [0.2, 0.25) is 0 Å². The van der Waals surface area contributed by atoms with Gasteiger partial charge in [0.1, 0.15) is 10.7 Å². The van der Waals surface area contributed by atoms with Gasteiger partial charge in [-0.15, -0.1) is 0 Å². The molecule has 0 aliphatic carbocycles. The van der Waals surface area contributed by atoms with Crippen molar-refractivity contribution in [2.45, 2.75) is 57.0 Å². The summed E-state index contributed by atoms with van der Waals surface area (Å²) in [6.07, 6.45) is 4.29. The Morgan fingerprint density at radius 3 is 2.76 bits per heavy atom. The second kappa shape index (κ2) is 6.62. The summed E-state index contributed by atoms with van der Waals surface area (Å²) in [7, 11) is -3.55. The topological polar surface area (TPSA) is 62.3 Å². The molecule has 0 saturated carbocycles. The molecular formula is C14H22BrN3O2S. The van der Waals surface area contributed by atoms with E-state index in [2.05, 4.69) is 26.2 Å². The highest BCUT2D eigenvalue weighted by atomic mass is 79.9. The van der Waals surface area contributed by atoms with Gasteiger partial charge in [-0.1, -0.05) is 6.92 Å². The molecule has 0 spiro atoms. The number of aromatic nitrogens is 1. The Morgan fingerprint density at radius 1 is 1.43 bits per heavy atom. The van der Waals surface area contributed by atoms with Gasteiger partial charge in [0.2, 0.25) is 10.0 Å². The van der Waals surface area contributed by atoms with Crippen LogP contribution in [0.5, 0.6) is 0 Å². The summed E-state index contributed by atoms with van der Waals surface area (Å²) in [4.78, 5) is 4.47. The number of hydrogen-bond acceptors (Lipinski definition) is 4. The minimum Gasteiger partial charge on any atom is -0.369 e. The molecule has 2 rings (SSSR count). The fourth-order valence-corrected chi connectivity index (χ4v) is 5.48. The van der Waals surface area contributed by atoms with Crippen LogP contribution in [0.3, 0.4) is 0 Å². The molecule has 2 unspecified atom stereocenters. The summed E-state index contributed by atoms with van der Waals surface area (Å²) in [5.41, 5.74) is 0. The molecule has 1 aromatic heterocycles. The first-order valence-corrected chi connectivity index (χ1v) is 9.58. The minimum absolute atomic E-state index is 0.0356. The number of halogens is 1. The van der Waals surface area contributed by atoms with Crippen LogP contribution in [0, 0.1) is 0 Å². The average molecular weight is 376 g/mol. The lowest BCUT2D eigenvalue weighted by Gasteiger charge is -2.27. The Hall–Kier alpha value is -0.660. The molecular weight excluding hydrogens is 354 g/mol. The number of rotatable bonds is 5. The molecule has 2 heterocycles. The highest BCUT2D eigenvalue weighted by molar-refractivity contribution is 9.10. The Kier molecular flexibility index (Phi) is 5.27. The van der Waals surface area contributed by atoms with Gasteiger partial charge in [0.25, 0.3) is 0 Å². The molecule has 1 saturated heterocycles. The third-order valence-corrected chi connectivity index (χ3v) is 6.42. The molecule has 7 heteroatoms. The van der Waals surface area contributed by atoms with Gasteiger partial charge in [0.15, 0.2) is 0 Å². The quantitative estimate of drug-likeness (QED) is 0.857. The number of nitrogens with one attached hydrogen (secondary N) is 1. The van der Waals surface area contributed by atoms with Crippen LogP contribution in [0.1, 0.15) is 40.0 Å². The molecule has 21 heavy (non-hydrogen) atoms. The summed E-state index contributed by atoms with van der Waals surface area (Å²) in [5, 5.41) is 3.04. The van der Waals surface area contributed by atoms with Crippen LogP contribution < -0.4 is 5.32 Å². The summed E-state index contributed by atoms with van der Waals surface area (Å²) >= 11 is 3.32. The zero-order chi connectivity index (χ0) is 15.6. The van der Waals surface area contributed by atoms with Crippen LogP contribution in [-0.2, 0) is 10.0 Å². The average Bonchev–Trinajstić information content (AvgIpc) is 2.82. The van der Waals surface area contributed by atoms with Crippen molar-refractivity contribution < 1.29 is 8.42 Å². The van der Waals surface area contributed by atoms with Gasteiger partial charge in [-0.25, -0.2) is 13.4 Å². The Labute approximate surface area is 135 Å². The number of sulfonamides is 1. The molecule has 1 aliphatic rings. The van der Waals surface area contributed by atoms with Crippen molar-refractivity contribution in [3.05, 3.63) is 16.7 Å². The van der Waals surface area contributed by atoms with E-state index in [-0.39, 0.29) is 17.0 Å². The third-order valence-electron chi connectivity index (χ3n) is 3.90. The molecule has 0 radical (unpaired) electrons. The monoisotopic (exact) mass is 375 g/mol. The number of nitrogens with zero attached hydrogens (tertiary/aromatic N) is 2. The molecule has 1 fully saturated rings. The maximum absolute atomic E-state index is 13.1. The van der Waals surface area contributed by atoms with E-state index >= 15 is 0 Å². The Bertz CT molecular complexity index is 606. The molecule has 5 nitrogen and oxygen atoms in total. The number of hydrogen-bond donors (Lipinski definition) is 1. The summed E-state index contributed by atoms with van der Waals surface area (Å²) in [6.45, 7) is 6.57. The van der Waals surface area contributed by atoms with E-state index in [1.54, 1.807) is 16.6 Å². The summed E-state index contributed by atoms with van der Waals surface area (Å²) in [6, 6.07) is 1.75. The molecule has 0 bridgehead atoms. The van der Waals surface area contributed by atoms with E-state index in [4.69, 9.17) is 0 Å². The standard InChI is InChI=1S/C14H22BrN3O2S/c1-4-12-7-6-10(3)18(12)21(19,20)13-8-11(15)9-17-14(13)16-5-2/h8-10,12H,4-7H2,1-3H3,(H,16,17). The lowest BCUT2D eigenvalue weighted by atomic mass is 10.2. The first kappa shape index (κ1) is 16.7. The molecule has 2 atom stereocenters. The second-order valence-electron chi connectivity index (χ2n) is 5.35.